The van der Waals surface area contributed by atoms with Gasteiger partial charge >= 0.3 is 31.4 Å². The van der Waals surface area contributed by atoms with Crippen molar-refractivity contribution in [2.24, 2.45) is 5.10 Å². The molecule has 29 heavy (non-hydrogen) atoms. The molecule has 2 aromatic rings. The number of phenolic OH excluding ortho intramolecular Hbond substituents is 1. The van der Waals surface area contributed by atoms with Crippen LogP contribution in [0.1, 0.15) is 29.8 Å². The average molecular weight is 498 g/mol. The molecular weight excluding hydrogens is 478 g/mol. The van der Waals surface area contributed by atoms with Crippen molar-refractivity contribution in [1.82, 2.24) is 10.4 Å². The van der Waals surface area contributed by atoms with Gasteiger partial charge in [0.05, 0.1) is 25.1 Å². The van der Waals surface area contributed by atoms with Gasteiger partial charge in [0.15, 0.2) is 0 Å². The van der Waals surface area contributed by atoms with Gasteiger partial charge in [-0.25, -0.2) is 5.43 Å². The molecule has 12 heteroatoms. The van der Waals surface area contributed by atoms with Gasteiger partial charge in [0, 0.05) is 38.1 Å². The summed E-state index contributed by atoms with van der Waals surface area (Å²) in [4.78, 5) is 33.7. The van der Waals surface area contributed by atoms with Crippen molar-refractivity contribution in [1.29, 1.82) is 0 Å². The van der Waals surface area contributed by atoms with Crippen molar-refractivity contribution in [2.45, 2.75) is 13.8 Å². The van der Waals surface area contributed by atoms with E-state index in [-0.39, 0.29) is 30.3 Å². The number of halogens is 2. The molecular formula is C17H19Cl2N3O6Zn+4. The minimum absolute atomic E-state index is 0. The Morgan fingerprint density at radius 2 is 1.59 bits per heavy atom. The first kappa shape index (κ1) is 28.7. The van der Waals surface area contributed by atoms with Crippen LogP contribution < -0.4 is 5.43 Å². The van der Waals surface area contributed by atoms with Crippen molar-refractivity contribution in [3.8, 4) is 5.75 Å². The molecule has 0 fully saturated rings. The maximum atomic E-state index is 11.7. The zero-order valence-electron chi connectivity index (χ0n) is 15.6. The molecule has 1 aromatic heterocycles. The molecule has 150 valence electrons. The fraction of sp³-hybridized carbons (Fsp3) is 0.118. The van der Waals surface area contributed by atoms with Gasteiger partial charge in [-0.15, -0.1) is 0 Å². The molecule has 0 saturated carbocycles. The van der Waals surface area contributed by atoms with Gasteiger partial charge in [0.2, 0.25) is 0 Å². The number of amides is 1. The molecule has 1 amide bonds. The topological polar surface area (TPSA) is 155 Å². The van der Waals surface area contributed by atoms with E-state index in [1.54, 1.807) is 12.1 Å². The van der Waals surface area contributed by atoms with Crippen LogP contribution in [-0.4, -0.2) is 44.4 Å². The number of hydrogen-bond acceptors (Lipinski definition) is 6. The number of carbonyl (C=O) groups excluding carboxylic acids is 3. The second kappa shape index (κ2) is 15.4. The fourth-order valence-electron chi connectivity index (χ4n) is 1.41. The van der Waals surface area contributed by atoms with Gasteiger partial charge in [0.1, 0.15) is 5.75 Å². The third kappa shape index (κ3) is 14.2. The van der Waals surface area contributed by atoms with Crippen molar-refractivity contribution in [3.05, 3.63) is 57.8 Å². The fourth-order valence-corrected chi connectivity index (χ4v) is 1.92. The molecule has 0 unspecified atom stereocenters. The van der Waals surface area contributed by atoms with Crippen LogP contribution in [0.15, 0.2) is 41.8 Å². The predicted octanol–water partition coefficient (Wildman–Crippen LogP) is 1.37. The summed E-state index contributed by atoms with van der Waals surface area (Å²) in [6, 6.07) is 5.99. The van der Waals surface area contributed by atoms with Crippen LogP contribution in [0.3, 0.4) is 0 Å². The zero-order valence-corrected chi connectivity index (χ0v) is 20.0. The molecule has 0 radical (unpaired) electrons. The van der Waals surface area contributed by atoms with E-state index < -0.39 is 17.8 Å². The third-order valence-electron chi connectivity index (χ3n) is 2.37. The number of aromatic nitrogens is 1. The summed E-state index contributed by atoms with van der Waals surface area (Å²) in [7, 11) is 0. The smallest absolute Gasteiger partial charge is 0.565 e. The monoisotopic (exact) mass is 495 g/mol. The van der Waals surface area contributed by atoms with Gasteiger partial charge < -0.3 is 15.3 Å². The van der Waals surface area contributed by atoms with E-state index in [1.807, 2.05) is 0 Å². The molecule has 6 N–H and O–H groups in total. The molecule has 1 heterocycles. The number of aromatic hydroxyl groups is 1. The van der Waals surface area contributed by atoms with Gasteiger partial charge in [-0.3, -0.25) is 9.78 Å². The number of hydrogen-bond donors (Lipinski definition) is 2. The van der Waals surface area contributed by atoms with Crippen molar-refractivity contribution < 1.29 is 49.2 Å². The molecule has 9 nitrogen and oxygen atoms in total. The Balaban J connectivity index is 0. The van der Waals surface area contributed by atoms with Crippen molar-refractivity contribution in [3.63, 3.8) is 0 Å². The van der Waals surface area contributed by atoms with Gasteiger partial charge in [-0.1, -0.05) is 23.2 Å². The number of nitrogens with zero attached hydrogens (tertiary/aromatic N) is 2. The van der Waals surface area contributed by atoms with Crippen LogP contribution in [0, 0.1) is 0 Å². The van der Waals surface area contributed by atoms with Crippen LogP contribution >= 0.6 is 23.2 Å². The summed E-state index contributed by atoms with van der Waals surface area (Å²) in [5, 5.41) is 25.8. The second-order valence-electron chi connectivity index (χ2n) is 4.87. The Morgan fingerprint density at radius 3 is 2.07 bits per heavy atom. The molecule has 0 spiro atoms. The Labute approximate surface area is 189 Å². The number of nitrogens with one attached hydrogen (secondary N) is 1. The number of carbonyl (C=O) groups is 3. The van der Waals surface area contributed by atoms with Crippen LogP contribution in [0.4, 0.5) is 0 Å². The van der Waals surface area contributed by atoms with E-state index in [1.165, 1.54) is 44.6 Å². The molecule has 0 aliphatic heterocycles. The molecule has 0 aliphatic rings. The first-order valence-corrected chi connectivity index (χ1v) is 8.16. The predicted molar refractivity (Wildman–Crippen MR) is 106 cm³/mol. The number of rotatable bonds is 3. The second-order valence-corrected chi connectivity index (χ2v) is 5.72. The summed E-state index contributed by atoms with van der Waals surface area (Å²) in [6.07, 6.45) is 4.26. The first-order chi connectivity index (χ1) is 13.0. The standard InChI is InChI=1S/C13H9Cl2N3O2.2C2H4O2.Zn/c14-10-5-9(12(19)11(15)6-10)7-17-18-13(20)8-1-3-16-4-2-8;2*1-2(3)4;/h1-7,19H,(H,18,20);2*1H3,(H,3,4);/q;;;+2/p+2/b17-7+;;;. The summed E-state index contributed by atoms with van der Waals surface area (Å²) >= 11 is 11.6. The maximum Gasteiger partial charge on any atom is 2.00 e. The van der Waals surface area contributed by atoms with Crippen LogP contribution in [0.25, 0.3) is 0 Å². The minimum Gasteiger partial charge on any atom is -0.565 e. The SMILES string of the molecule is CC(=O)[OH2+].CC(=O)[OH2+].O=C(N/N=C/c1cc(Cl)cc(Cl)c1O)c1ccncc1.[Zn+2]. The van der Waals surface area contributed by atoms with Crippen LogP contribution in [0.2, 0.25) is 10.0 Å². The molecule has 0 atom stereocenters. The van der Waals surface area contributed by atoms with E-state index in [9.17, 15) is 9.90 Å². The van der Waals surface area contributed by atoms with Crippen molar-refractivity contribution >= 4 is 47.3 Å². The molecule has 1 aromatic carbocycles. The van der Waals surface area contributed by atoms with E-state index >= 15 is 0 Å². The Bertz CT molecular complexity index is 831. The van der Waals surface area contributed by atoms with E-state index in [0.29, 0.717) is 16.1 Å². The number of phenols is 1. The summed E-state index contributed by atoms with van der Waals surface area (Å²) in [5.74, 6) is -1.71. The van der Waals surface area contributed by atoms with Crippen LogP contribution in [-0.2, 0) is 29.1 Å². The number of hydrazone groups is 1. The van der Waals surface area contributed by atoms with Gasteiger partial charge in [-0.2, -0.15) is 5.10 Å². The van der Waals surface area contributed by atoms with E-state index in [2.05, 4.69) is 15.5 Å². The zero-order chi connectivity index (χ0) is 21.7. The van der Waals surface area contributed by atoms with Crippen molar-refractivity contribution in [2.75, 3.05) is 0 Å². The Morgan fingerprint density at radius 1 is 1.10 bits per heavy atom. The van der Waals surface area contributed by atoms with Gasteiger partial charge in [-0.05, 0) is 24.3 Å². The molecule has 0 aliphatic carbocycles. The summed E-state index contributed by atoms with van der Waals surface area (Å²) < 4.78 is 0. The first-order valence-electron chi connectivity index (χ1n) is 7.40. The summed E-state index contributed by atoms with van der Waals surface area (Å²) in [5.41, 5.74) is 3.04. The average Bonchev–Trinajstić information content (AvgIpc) is 2.58. The van der Waals surface area contributed by atoms with Crippen LogP contribution in [0.5, 0.6) is 5.75 Å². The molecule has 0 bridgehead atoms. The van der Waals surface area contributed by atoms with E-state index in [0.717, 1.165) is 0 Å². The Kier molecular flexibility index (Phi) is 15.2. The largest absolute Gasteiger partial charge is 2.00 e. The maximum absolute atomic E-state index is 11.7. The number of benzene rings is 1. The summed E-state index contributed by atoms with van der Waals surface area (Å²) in [6.45, 7) is 2.39. The van der Waals surface area contributed by atoms with E-state index in [4.69, 9.17) is 43.0 Å². The number of pyridine rings is 1. The Hall–Kier alpha value is -2.55. The molecule has 0 saturated heterocycles. The molecule has 2 rings (SSSR count). The minimum atomic E-state index is -0.583. The quantitative estimate of drug-likeness (QED) is 0.284. The normalized spacial score (nSPS) is 9.10. The third-order valence-corrected chi connectivity index (χ3v) is 2.88. The van der Waals surface area contributed by atoms with Gasteiger partial charge in [0.25, 0.3) is 5.91 Å².